The molecule has 4 heterocycles. The van der Waals surface area contributed by atoms with Crippen molar-refractivity contribution in [1.82, 2.24) is 24.6 Å². The third-order valence-electron chi connectivity index (χ3n) is 5.35. The molecule has 0 unspecified atom stereocenters. The van der Waals surface area contributed by atoms with Crippen molar-refractivity contribution >= 4 is 17.2 Å². The lowest BCUT2D eigenvalue weighted by Crippen LogP contribution is -2.31. The molecule has 150 valence electrons. The molecular weight excluding hydrogens is 387 g/mol. The Morgan fingerprint density at radius 2 is 1.90 bits per heavy atom. The highest BCUT2D eigenvalue weighted by Crippen LogP contribution is 2.34. The lowest BCUT2D eigenvalue weighted by Gasteiger charge is -2.13. The van der Waals surface area contributed by atoms with Crippen LogP contribution < -0.4 is 10.9 Å². The highest BCUT2D eigenvalue weighted by atomic mass is 19.1. The van der Waals surface area contributed by atoms with E-state index in [4.69, 9.17) is 0 Å². The molecule has 4 aromatic rings. The number of rotatable bonds is 3. The van der Waals surface area contributed by atoms with Gasteiger partial charge in [0.25, 0.3) is 5.56 Å². The molecule has 0 radical (unpaired) electrons. The van der Waals surface area contributed by atoms with Crippen molar-refractivity contribution in [1.29, 1.82) is 0 Å². The number of anilines is 1. The average Bonchev–Trinajstić information content (AvgIpc) is 3.18. The van der Waals surface area contributed by atoms with Gasteiger partial charge in [0.1, 0.15) is 23.2 Å². The predicted molar refractivity (Wildman–Crippen MR) is 108 cm³/mol. The summed E-state index contributed by atoms with van der Waals surface area (Å²) in [5.41, 5.74) is 0.404. The molecule has 0 fully saturated rings. The van der Waals surface area contributed by atoms with Gasteiger partial charge in [-0.05, 0) is 37.6 Å². The number of hydrogen-bond acceptors (Lipinski definition) is 5. The number of carbonyl (C=O) groups excluding carboxylic acids is 1. The highest BCUT2D eigenvalue weighted by molar-refractivity contribution is 6.04. The Morgan fingerprint density at radius 1 is 1.10 bits per heavy atom. The zero-order chi connectivity index (χ0) is 21.0. The highest BCUT2D eigenvalue weighted by Gasteiger charge is 2.42. The van der Waals surface area contributed by atoms with Gasteiger partial charge in [-0.25, -0.2) is 18.9 Å². The van der Waals surface area contributed by atoms with Gasteiger partial charge in [0.05, 0.1) is 16.5 Å². The Kier molecular flexibility index (Phi) is 3.82. The van der Waals surface area contributed by atoms with Crippen molar-refractivity contribution < 1.29 is 9.18 Å². The monoisotopic (exact) mass is 404 g/mol. The molecule has 5 rings (SSSR count). The molecule has 1 amide bonds. The summed E-state index contributed by atoms with van der Waals surface area (Å²) < 4.78 is 15.8. The Labute approximate surface area is 169 Å². The van der Waals surface area contributed by atoms with Crippen LogP contribution in [-0.2, 0) is 16.6 Å². The first-order valence-corrected chi connectivity index (χ1v) is 9.39. The quantitative estimate of drug-likeness (QED) is 0.546. The predicted octanol–water partition coefficient (Wildman–Crippen LogP) is 2.44. The van der Waals surface area contributed by atoms with Crippen LogP contribution in [0.1, 0.15) is 30.8 Å². The van der Waals surface area contributed by atoms with Crippen LogP contribution in [0.5, 0.6) is 0 Å². The van der Waals surface area contributed by atoms with E-state index in [1.807, 2.05) is 0 Å². The van der Waals surface area contributed by atoms with Gasteiger partial charge in [-0.3, -0.25) is 9.59 Å². The number of nitrogens with one attached hydrogen (secondary N) is 2. The lowest BCUT2D eigenvalue weighted by molar-refractivity contribution is -0.119. The van der Waals surface area contributed by atoms with Gasteiger partial charge in [-0.15, -0.1) is 0 Å². The number of fused-ring (bicyclic) bond motifs is 2. The maximum absolute atomic E-state index is 14.2. The van der Waals surface area contributed by atoms with Crippen LogP contribution in [0.25, 0.3) is 17.0 Å². The largest absolute Gasteiger partial charge is 0.309 e. The fourth-order valence-electron chi connectivity index (χ4n) is 3.72. The zero-order valence-electron chi connectivity index (χ0n) is 16.2. The zero-order valence-corrected chi connectivity index (χ0v) is 16.2. The van der Waals surface area contributed by atoms with Gasteiger partial charge in [0.2, 0.25) is 5.91 Å². The molecule has 2 N–H and O–H groups in total. The Bertz CT molecular complexity index is 1390. The number of aromatic amines is 1. The van der Waals surface area contributed by atoms with Gasteiger partial charge in [0.15, 0.2) is 5.82 Å². The summed E-state index contributed by atoms with van der Waals surface area (Å²) in [6, 6.07) is 9.99. The van der Waals surface area contributed by atoms with Crippen LogP contribution in [0.2, 0.25) is 0 Å². The van der Waals surface area contributed by atoms with Crippen molar-refractivity contribution in [2.75, 3.05) is 5.32 Å². The van der Waals surface area contributed by atoms with Crippen LogP contribution in [0.3, 0.4) is 0 Å². The minimum Gasteiger partial charge on any atom is -0.309 e. The molecule has 3 aromatic heterocycles. The van der Waals surface area contributed by atoms with E-state index in [0.717, 1.165) is 0 Å². The van der Waals surface area contributed by atoms with E-state index in [2.05, 4.69) is 25.4 Å². The van der Waals surface area contributed by atoms with Crippen LogP contribution in [0, 0.1) is 5.82 Å². The molecular formula is C21H17FN6O2. The SMILES string of the molecule is CC1(C)C(=O)Nc2nc(-c3nc(Cc4ccccc4F)n4ncccc34)[nH]c(=O)c21. The first-order valence-electron chi connectivity index (χ1n) is 9.39. The van der Waals surface area contributed by atoms with Gasteiger partial charge in [0, 0.05) is 12.6 Å². The van der Waals surface area contributed by atoms with Crippen molar-refractivity contribution in [3.63, 3.8) is 0 Å². The topological polar surface area (TPSA) is 105 Å². The summed E-state index contributed by atoms with van der Waals surface area (Å²) in [5.74, 6) is 0.315. The maximum Gasteiger partial charge on any atom is 0.257 e. The number of aromatic nitrogens is 5. The molecule has 1 aromatic carbocycles. The standard InChI is InChI=1S/C21H17FN6O2/c1-21(2)15-17(27-20(21)30)25-18(26-19(15)29)16-13-8-5-9-23-28(13)14(24-16)10-11-6-3-4-7-12(11)22/h3-9H,10H2,1-2H3,(H2,25,26,27,29,30). The number of benzene rings is 1. The Morgan fingerprint density at radius 3 is 2.70 bits per heavy atom. The summed E-state index contributed by atoms with van der Waals surface area (Å²) in [6.07, 6.45) is 1.81. The van der Waals surface area contributed by atoms with Crippen molar-refractivity contribution in [3.05, 3.63) is 75.7 Å². The summed E-state index contributed by atoms with van der Waals surface area (Å²) in [6.45, 7) is 3.35. The van der Waals surface area contributed by atoms with E-state index in [-0.39, 0.29) is 29.8 Å². The van der Waals surface area contributed by atoms with E-state index in [0.29, 0.717) is 28.2 Å². The maximum atomic E-state index is 14.2. The number of imidazole rings is 1. The minimum atomic E-state index is -0.970. The summed E-state index contributed by atoms with van der Waals surface area (Å²) >= 11 is 0. The number of hydrogen-bond donors (Lipinski definition) is 2. The second kappa shape index (κ2) is 6.31. The summed E-state index contributed by atoms with van der Waals surface area (Å²) in [7, 11) is 0. The minimum absolute atomic E-state index is 0.210. The van der Waals surface area contributed by atoms with Crippen LogP contribution in [0.4, 0.5) is 10.2 Å². The Balaban J connectivity index is 1.68. The molecule has 0 aliphatic carbocycles. The second-order valence-electron chi connectivity index (χ2n) is 7.68. The second-order valence-corrected chi connectivity index (χ2v) is 7.68. The lowest BCUT2D eigenvalue weighted by atomic mass is 9.88. The van der Waals surface area contributed by atoms with Crippen LogP contribution >= 0.6 is 0 Å². The van der Waals surface area contributed by atoms with Gasteiger partial charge in [-0.2, -0.15) is 5.10 Å². The molecule has 30 heavy (non-hydrogen) atoms. The number of amides is 1. The molecule has 0 saturated heterocycles. The first kappa shape index (κ1) is 18.2. The smallest absolute Gasteiger partial charge is 0.257 e. The average molecular weight is 404 g/mol. The van der Waals surface area contributed by atoms with Crippen molar-refractivity contribution in [2.45, 2.75) is 25.7 Å². The third kappa shape index (κ3) is 2.62. The third-order valence-corrected chi connectivity index (χ3v) is 5.35. The number of H-pyrrole nitrogens is 1. The molecule has 8 nitrogen and oxygen atoms in total. The van der Waals surface area contributed by atoms with E-state index in [1.165, 1.54) is 6.07 Å². The molecule has 0 saturated carbocycles. The number of carbonyl (C=O) groups is 1. The van der Waals surface area contributed by atoms with Crippen molar-refractivity contribution in [2.24, 2.45) is 0 Å². The normalized spacial score (nSPS) is 14.7. The number of halogens is 1. The Hall–Kier alpha value is -3.88. The fourth-order valence-corrected chi connectivity index (χ4v) is 3.72. The van der Waals surface area contributed by atoms with E-state index >= 15 is 0 Å². The fraction of sp³-hybridized carbons (Fsp3) is 0.190. The summed E-state index contributed by atoms with van der Waals surface area (Å²) in [5, 5.41) is 7.00. The molecule has 1 aliphatic heterocycles. The van der Waals surface area contributed by atoms with E-state index in [9.17, 15) is 14.0 Å². The molecule has 9 heteroatoms. The van der Waals surface area contributed by atoms with Crippen LogP contribution in [-0.4, -0.2) is 30.5 Å². The molecule has 0 atom stereocenters. The number of nitrogens with zero attached hydrogens (tertiary/aromatic N) is 4. The van der Waals surface area contributed by atoms with Gasteiger partial charge in [-0.1, -0.05) is 18.2 Å². The molecule has 1 aliphatic rings. The first-order chi connectivity index (χ1) is 14.4. The van der Waals surface area contributed by atoms with Crippen LogP contribution in [0.15, 0.2) is 47.4 Å². The van der Waals surface area contributed by atoms with E-state index in [1.54, 1.807) is 54.9 Å². The molecule has 0 spiro atoms. The summed E-state index contributed by atoms with van der Waals surface area (Å²) in [4.78, 5) is 36.8. The van der Waals surface area contributed by atoms with Gasteiger partial charge >= 0.3 is 0 Å². The van der Waals surface area contributed by atoms with Gasteiger partial charge < -0.3 is 10.3 Å². The van der Waals surface area contributed by atoms with Crippen molar-refractivity contribution in [3.8, 4) is 11.5 Å². The van der Waals surface area contributed by atoms with E-state index < -0.39 is 11.0 Å². The molecule has 0 bridgehead atoms.